The first-order valence-electron chi connectivity index (χ1n) is 4.74. The molecule has 3 nitrogen and oxygen atoms in total. The van der Waals surface area contributed by atoms with Crippen LogP contribution in [-0.2, 0) is 9.47 Å². The molecule has 76 valence electrons. The lowest BCUT2D eigenvalue weighted by molar-refractivity contribution is -0.00935. The highest BCUT2D eigenvalue weighted by Gasteiger charge is 2.34. The number of ether oxygens (including phenoxy) is 2. The summed E-state index contributed by atoms with van der Waals surface area (Å²) in [6.07, 6.45) is 0.620. The second-order valence-corrected chi connectivity index (χ2v) is 4.75. The molecule has 0 aromatic rings. The maximum absolute atomic E-state index is 11.1. The lowest BCUT2D eigenvalue weighted by Gasteiger charge is -2.18. The van der Waals surface area contributed by atoms with Gasteiger partial charge in [0, 0.05) is 0 Å². The fourth-order valence-electron chi connectivity index (χ4n) is 1.09. The van der Waals surface area contributed by atoms with E-state index >= 15 is 0 Å². The van der Waals surface area contributed by atoms with Gasteiger partial charge in [-0.05, 0) is 39.0 Å². The maximum atomic E-state index is 11.1. The summed E-state index contributed by atoms with van der Waals surface area (Å²) in [6, 6.07) is 0. The standard InChI is InChI=1S/C10H18O3/c1-7-5-8(7)6-12-9(11)13-10(2,3)4/h7-8H,5-6H2,1-4H3/t7-,8+/m0/s1. The minimum atomic E-state index is -0.549. The Morgan fingerprint density at radius 2 is 2.00 bits per heavy atom. The highest BCUT2D eigenvalue weighted by atomic mass is 16.7. The zero-order valence-corrected chi connectivity index (χ0v) is 8.79. The lowest BCUT2D eigenvalue weighted by atomic mass is 10.2. The molecule has 3 heteroatoms. The SMILES string of the molecule is C[C@H]1C[C@@H]1COC(=O)OC(C)(C)C. The van der Waals surface area contributed by atoms with Crippen molar-refractivity contribution in [2.45, 2.75) is 39.7 Å². The molecule has 0 N–H and O–H groups in total. The van der Waals surface area contributed by atoms with Gasteiger partial charge in [0.25, 0.3) is 0 Å². The van der Waals surface area contributed by atoms with Crippen LogP contribution in [-0.4, -0.2) is 18.4 Å². The van der Waals surface area contributed by atoms with Crippen molar-refractivity contribution in [3.8, 4) is 0 Å². The van der Waals surface area contributed by atoms with Crippen molar-refractivity contribution in [1.82, 2.24) is 0 Å². The van der Waals surface area contributed by atoms with Gasteiger partial charge in [0.15, 0.2) is 0 Å². The second kappa shape index (κ2) is 3.56. The molecule has 0 radical (unpaired) electrons. The Morgan fingerprint density at radius 1 is 1.46 bits per heavy atom. The van der Waals surface area contributed by atoms with Crippen LogP contribution in [0.5, 0.6) is 0 Å². The van der Waals surface area contributed by atoms with Crippen molar-refractivity contribution in [3.05, 3.63) is 0 Å². The highest BCUT2D eigenvalue weighted by Crippen LogP contribution is 2.37. The van der Waals surface area contributed by atoms with Crippen molar-refractivity contribution >= 4 is 6.16 Å². The zero-order valence-electron chi connectivity index (χ0n) is 8.79. The van der Waals surface area contributed by atoms with Crippen molar-refractivity contribution in [3.63, 3.8) is 0 Å². The highest BCUT2D eigenvalue weighted by molar-refractivity contribution is 5.60. The summed E-state index contributed by atoms with van der Waals surface area (Å²) in [4.78, 5) is 11.1. The largest absolute Gasteiger partial charge is 0.508 e. The summed E-state index contributed by atoms with van der Waals surface area (Å²) in [6.45, 7) is 8.15. The van der Waals surface area contributed by atoms with Crippen LogP contribution in [0.15, 0.2) is 0 Å². The van der Waals surface area contributed by atoms with Gasteiger partial charge in [0.2, 0.25) is 0 Å². The molecule has 0 unspecified atom stereocenters. The molecule has 1 fully saturated rings. The van der Waals surface area contributed by atoms with Gasteiger partial charge in [0.1, 0.15) is 5.60 Å². The summed E-state index contributed by atoms with van der Waals surface area (Å²) in [5.74, 6) is 1.27. The Hall–Kier alpha value is -0.730. The minimum Gasteiger partial charge on any atom is -0.434 e. The molecule has 0 spiro atoms. The predicted molar refractivity (Wildman–Crippen MR) is 49.5 cm³/mol. The molecule has 0 aliphatic heterocycles. The minimum absolute atomic E-state index is 0.452. The third-order valence-electron chi connectivity index (χ3n) is 2.08. The number of hydrogen-bond donors (Lipinski definition) is 0. The Bertz CT molecular complexity index is 193. The first-order valence-corrected chi connectivity index (χ1v) is 4.74. The molecule has 0 heterocycles. The Balaban J connectivity index is 2.11. The number of carbonyl (C=O) groups excluding carboxylic acids is 1. The van der Waals surface area contributed by atoms with Crippen LogP contribution in [0.1, 0.15) is 34.1 Å². The lowest BCUT2D eigenvalue weighted by Crippen LogP contribution is -2.24. The summed E-state index contributed by atoms with van der Waals surface area (Å²) in [7, 11) is 0. The molecule has 1 aliphatic carbocycles. The molecular weight excluding hydrogens is 168 g/mol. The molecule has 0 bridgehead atoms. The van der Waals surface area contributed by atoms with E-state index < -0.39 is 11.8 Å². The van der Waals surface area contributed by atoms with Crippen molar-refractivity contribution < 1.29 is 14.3 Å². The van der Waals surface area contributed by atoms with Gasteiger partial charge >= 0.3 is 6.16 Å². The van der Waals surface area contributed by atoms with Crippen LogP contribution in [0.25, 0.3) is 0 Å². The van der Waals surface area contributed by atoms with E-state index in [1.807, 2.05) is 20.8 Å². The predicted octanol–water partition coefficient (Wildman–Crippen LogP) is 2.59. The fraction of sp³-hybridized carbons (Fsp3) is 0.900. The first-order chi connectivity index (χ1) is 5.88. The van der Waals surface area contributed by atoms with E-state index in [1.165, 1.54) is 6.42 Å². The third-order valence-corrected chi connectivity index (χ3v) is 2.08. The molecular formula is C10H18O3. The molecule has 1 aliphatic rings. The normalized spacial score (nSPS) is 26.8. The van der Waals surface area contributed by atoms with Crippen molar-refractivity contribution in [2.24, 2.45) is 11.8 Å². The maximum Gasteiger partial charge on any atom is 0.508 e. The number of rotatable bonds is 2. The van der Waals surface area contributed by atoms with E-state index in [-0.39, 0.29) is 0 Å². The molecule has 0 saturated heterocycles. The summed E-state index contributed by atoms with van der Waals surface area (Å²) in [5.41, 5.74) is -0.452. The van der Waals surface area contributed by atoms with Gasteiger partial charge in [-0.2, -0.15) is 0 Å². The Morgan fingerprint density at radius 3 is 2.38 bits per heavy atom. The molecule has 0 aromatic carbocycles. The van der Waals surface area contributed by atoms with Crippen molar-refractivity contribution in [2.75, 3.05) is 6.61 Å². The topological polar surface area (TPSA) is 35.5 Å². The molecule has 1 saturated carbocycles. The van der Waals surface area contributed by atoms with Crippen LogP contribution in [0.2, 0.25) is 0 Å². The van der Waals surface area contributed by atoms with E-state index in [9.17, 15) is 4.79 Å². The molecule has 0 aromatic heterocycles. The summed E-state index contributed by atoms with van der Waals surface area (Å²) >= 11 is 0. The van der Waals surface area contributed by atoms with Gasteiger partial charge in [-0.15, -0.1) is 0 Å². The second-order valence-electron chi connectivity index (χ2n) is 4.75. The van der Waals surface area contributed by atoms with Crippen molar-refractivity contribution in [1.29, 1.82) is 0 Å². The van der Waals surface area contributed by atoms with Gasteiger partial charge in [-0.1, -0.05) is 6.92 Å². The molecule has 2 atom stereocenters. The van der Waals surface area contributed by atoms with E-state index in [2.05, 4.69) is 6.92 Å². The van der Waals surface area contributed by atoms with E-state index in [1.54, 1.807) is 0 Å². The van der Waals surface area contributed by atoms with Gasteiger partial charge < -0.3 is 9.47 Å². The average molecular weight is 186 g/mol. The van der Waals surface area contributed by atoms with Crippen LogP contribution in [0.4, 0.5) is 4.79 Å². The van der Waals surface area contributed by atoms with Crippen LogP contribution in [0, 0.1) is 11.8 Å². The van der Waals surface area contributed by atoms with Gasteiger partial charge in [-0.25, -0.2) is 4.79 Å². The molecule has 1 rings (SSSR count). The van der Waals surface area contributed by atoms with E-state index in [0.717, 1.165) is 0 Å². The zero-order chi connectivity index (χ0) is 10.1. The average Bonchev–Trinajstić information content (AvgIpc) is 2.58. The van der Waals surface area contributed by atoms with Crippen LogP contribution >= 0.6 is 0 Å². The van der Waals surface area contributed by atoms with Gasteiger partial charge in [-0.3, -0.25) is 0 Å². The van der Waals surface area contributed by atoms with Gasteiger partial charge in [0.05, 0.1) is 6.61 Å². The van der Waals surface area contributed by atoms with Crippen LogP contribution in [0.3, 0.4) is 0 Å². The van der Waals surface area contributed by atoms with E-state index in [0.29, 0.717) is 18.4 Å². The first kappa shape index (κ1) is 10.4. The Labute approximate surface area is 79.4 Å². The summed E-state index contributed by atoms with van der Waals surface area (Å²) in [5, 5.41) is 0. The number of hydrogen-bond acceptors (Lipinski definition) is 3. The summed E-state index contributed by atoms with van der Waals surface area (Å²) < 4.78 is 9.94. The van der Waals surface area contributed by atoms with Crippen LogP contribution < -0.4 is 0 Å². The molecule has 13 heavy (non-hydrogen) atoms. The molecule has 0 amide bonds. The third kappa shape index (κ3) is 4.15. The smallest absolute Gasteiger partial charge is 0.434 e. The fourth-order valence-corrected chi connectivity index (χ4v) is 1.09. The monoisotopic (exact) mass is 186 g/mol. The quantitative estimate of drug-likeness (QED) is 0.622. The Kier molecular flexibility index (Phi) is 2.84. The van der Waals surface area contributed by atoms with E-state index in [4.69, 9.17) is 9.47 Å². The number of carbonyl (C=O) groups is 1.